The number of carbonyl (C=O) groups is 2. The summed E-state index contributed by atoms with van der Waals surface area (Å²) in [5.41, 5.74) is 1.68. The molecule has 2 atom stereocenters. The fraction of sp³-hybridized carbons (Fsp3) is 0.174. The van der Waals surface area contributed by atoms with Crippen LogP contribution in [0, 0.1) is 5.92 Å². The van der Waals surface area contributed by atoms with E-state index in [1.165, 1.54) is 6.08 Å². The molecule has 1 aromatic heterocycles. The number of carbonyl (C=O) groups excluding carboxylic acids is 2. The van der Waals surface area contributed by atoms with Crippen molar-refractivity contribution in [2.45, 2.75) is 12.5 Å². The maximum Gasteiger partial charge on any atom is 0.246 e. The number of aromatic nitrogens is 1. The lowest BCUT2D eigenvalue weighted by Crippen LogP contribution is -2.34. The quantitative estimate of drug-likeness (QED) is 0.707. The first-order chi connectivity index (χ1) is 13.7. The fourth-order valence-corrected chi connectivity index (χ4v) is 3.89. The summed E-state index contributed by atoms with van der Waals surface area (Å²) in [6.07, 6.45) is 5.44. The summed E-state index contributed by atoms with van der Waals surface area (Å²) in [5, 5.41) is 5.06. The van der Waals surface area contributed by atoms with Crippen molar-refractivity contribution in [3.8, 4) is 0 Å². The number of amides is 2. The molecular formula is C23H21N3O2. The number of fused-ring (bicyclic) bond motifs is 1. The van der Waals surface area contributed by atoms with E-state index in [9.17, 15) is 9.59 Å². The van der Waals surface area contributed by atoms with Crippen LogP contribution in [0.1, 0.15) is 18.0 Å². The van der Waals surface area contributed by atoms with Crippen molar-refractivity contribution in [2.75, 3.05) is 11.9 Å². The van der Waals surface area contributed by atoms with Crippen molar-refractivity contribution in [3.05, 3.63) is 85.2 Å². The van der Waals surface area contributed by atoms with E-state index in [4.69, 9.17) is 0 Å². The molecule has 1 N–H and O–H groups in total. The monoisotopic (exact) mass is 371 g/mol. The van der Waals surface area contributed by atoms with Gasteiger partial charge >= 0.3 is 0 Å². The summed E-state index contributed by atoms with van der Waals surface area (Å²) in [4.78, 5) is 31.3. The van der Waals surface area contributed by atoms with Gasteiger partial charge in [-0.3, -0.25) is 14.6 Å². The molecule has 0 saturated carbocycles. The topological polar surface area (TPSA) is 62.3 Å². The number of benzene rings is 2. The molecule has 1 aliphatic rings. The minimum absolute atomic E-state index is 0.0866. The van der Waals surface area contributed by atoms with E-state index in [1.54, 1.807) is 17.3 Å². The van der Waals surface area contributed by atoms with Gasteiger partial charge in [0.1, 0.15) is 0 Å². The van der Waals surface area contributed by atoms with Crippen LogP contribution >= 0.6 is 0 Å². The Morgan fingerprint density at radius 1 is 1.11 bits per heavy atom. The first-order valence-electron chi connectivity index (χ1n) is 9.30. The van der Waals surface area contributed by atoms with Gasteiger partial charge in [0, 0.05) is 30.0 Å². The Labute approximate surface area is 163 Å². The Balaban J connectivity index is 1.61. The second-order valence-electron chi connectivity index (χ2n) is 6.91. The average molecular weight is 371 g/mol. The molecule has 2 amide bonds. The lowest BCUT2D eigenvalue weighted by molar-refractivity contribution is -0.128. The molecule has 2 heterocycles. The Kier molecular flexibility index (Phi) is 4.89. The molecule has 5 heteroatoms. The fourth-order valence-electron chi connectivity index (χ4n) is 3.89. The standard InChI is InChI=1S/C23H21N3O2/c1-2-21(27)26-13-11-20(22(26)17-6-4-3-5-7-17)23(28)25-19-9-8-16-10-12-24-15-18(16)14-19/h2-10,12,14-15,20,22H,1,11,13H2,(H,25,28)/t20-,22+/m0/s1. The number of likely N-dealkylation sites (tertiary alicyclic amines) is 1. The van der Waals surface area contributed by atoms with Gasteiger partial charge < -0.3 is 10.2 Å². The highest BCUT2D eigenvalue weighted by Gasteiger charge is 2.41. The SMILES string of the molecule is C=CC(=O)N1CC[C@H](C(=O)Nc2ccc3ccncc3c2)[C@H]1c1ccccc1. The Morgan fingerprint density at radius 3 is 2.71 bits per heavy atom. The highest BCUT2D eigenvalue weighted by molar-refractivity contribution is 5.97. The van der Waals surface area contributed by atoms with Crippen molar-refractivity contribution < 1.29 is 9.59 Å². The van der Waals surface area contributed by atoms with Gasteiger partial charge in [-0.25, -0.2) is 0 Å². The zero-order chi connectivity index (χ0) is 19.5. The van der Waals surface area contributed by atoms with E-state index in [-0.39, 0.29) is 23.8 Å². The Bertz CT molecular complexity index is 1030. The molecule has 140 valence electrons. The van der Waals surface area contributed by atoms with Crippen molar-refractivity contribution in [1.82, 2.24) is 9.88 Å². The van der Waals surface area contributed by atoms with E-state index in [2.05, 4.69) is 16.9 Å². The van der Waals surface area contributed by atoms with E-state index in [0.717, 1.165) is 22.0 Å². The van der Waals surface area contributed by atoms with E-state index >= 15 is 0 Å². The van der Waals surface area contributed by atoms with Gasteiger partial charge in [-0.2, -0.15) is 0 Å². The van der Waals surface area contributed by atoms with E-state index in [0.29, 0.717) is 13.0 Å². The van der Waals surface area contributed by atoms with Crippen molar-refractivity contribution in [3.63, 3.8) is 0 Å². The normalized spacial score (nSPS) is 18.8. The molecule has 3 aromatic rings. The zero-order valence-electron chi connectivity index (χ0n) is 15.4. The number of anilines is 1. The summed E-state index contributed by atoms with van der Waals surface area (Å²) in [6, 6.07) is 17.1. The van der Waals surface area contributed by atoms with Crippen LogP contribution in [0.5, 0.6) is 0 Å². The predicted octanol–water partition coefficient (Wildman–Crippen LogP) is 3.95. The van der Waals surface area contributed by atoms with Gasteiger partial charge in [0.05, 0.1) is 12.0 Å². The molecular weight excluding hydrogens is 350 g/mol. The predicted molar refractivity (Wildman–Crippen MR) is 110 cm³/mol. The second-order valence-corrected chi connectivity index (χ2v) is 6.91. The number of hydrogen-bond donors (Lipinski definition) is 1. The van der Waals surface area contributed by atoms with Crippen molar-refractivity contribution in [2.24, 2.45) is 5.92 Å². The average Bonchev–Trinajstić information content (AvgIpc) is 3.19. The molecule has 0 spiro atoms. The van der Waals surface area contributed by atoms with Gasteiger partial charge in [-0.1, -0.05) is 43.0 Å². The lowest BCUT2D eigenvalue weighted by Gasteiger charge is -2.27. The first-order valence-corrected chi connectivity index (χ1v) is 9.30. The molecule has 2 aromatic carbocycles. The van der Waals surface area contributed by atoms with Gasteiger partial charge in [-0.15, -0.1) is 0 Å². The second kappa shape index (κ2) is 7.64. The van der Waals surface area contributed by atoms with Crippen LogP contribution in [-0.4, -0.2) is 28.2 Å². The molecule has 1 saturated heterocycles. The molecule has 0 bridgehead atoms. The number of nitrogens with zero attached hydrogens (tertiary/aromatic N) is 2. The third-order valence-electron chi connectivity index (χ3n) is 5.24. The molecule has 4 rings (SSSR count). The van der Waals surface area contributed by atoms with Crippen LogP contribution in [0.4, 0.5) is 5.69 Å². The number of pyridine rings is 1. The first kappa shape index (κ1) is 17.9. The lowest BCUT2D eigenvalue weighted by atomic mass is 9.92. The number of nitrogens with one attached hydrogen (secondary N) is 1. The maximum absolute atomic E-state index is 13.1. The van der Waals surface area contributed by atoms with Gasteiger partial charge in [-0.05, 0) is 41.6 Å². The molecule has 0 aliphatic carbocycles. The summed E-state index contributed by atoms with van der Waals surface area (Å²) in [6.45, 7) is 4.13. The molecule has 1 fully saturated rings. The Morgan fingerprint density at radius 2 is 1.93 bits per heavy atom. The highest BCUT2D eigenvalue weighted by atomic mass is 16.2. The summed E-state index contributed by atoms with van der Waals surface area (Å²) in [7, 11) is 0. The van der Waals surface area contributed by atoms with Crippen molar-refractivity contribution >= 4 is 28.3 Å². The van der Waals surface area contributed by atoms with Crippen molar-refractivity contribution in [1.29, 1.82) is 0 Å². The van der Waals surface area contributed by atoms with Gasteiger partial charge in [0.25, 0.3) is 0 Å². The maximum atomic E-state index is 13.1. The Hall–Kier alpha value is -3.47. The van der Waals surface area contributed by atoms with Crippen LogP contribution in [0.15, 0.2) is 79.6 Å². The molecule has 0 unspecified atom stereocenters. The third kappa shape index (κ3) is 3.39. The smallest absolute Gasteiger partial charge is 0.246 e. The summed E-state index contributed by atoms with van der Waals surface area (Å²) < 4.78 is 0. The molecule has 28 heavy (non-hydrogen) atoms. The summed E-state index contributed by atoms with van der Waals surface area (Å²) >= 11 is 0. The third-order valence-corrected chi connectivity index (χ3v) is 5.24. The van der Waals surface area contributed by atoms with Crippen LogP contribution < -0.4 is 5.32 Å². The van der Waals surface area contributed by atoms with Crippen LogP contribution in [0.2, 0.25) is 0 Å². The molecule has 1 aliphatic heterocycles. The van der Waals surface area contributed by atoms with E-state index in [1.807, 2.05) is 54.6 Å². The van der Waals surface area contributed by atoms with Crippen LogP contribution in [0.25, 0.3) is 10.8 Å². The minimum atomic E-state index is -0.323. The van der Waals surface area contributed by atoms with E-state index < -0.39 is 0 Å². The number of hydrogen-bond acceptors (Lipinski definition) is 3. The highest BCUT2D eigenvalue weighted by Crippen LogP contribution is 2.38. The number of rotatable bonds is 4. The van der Waals surface area contributed by atoms with Gasteiger partial charge in [0.2, 0.25) is 11.8 Å². The largest absolute Gasteiger partial charge is 0.331 e. The van der Waals surface area contributed by atoms with Gasteiger partial charge in [0.15, 0.2) is 0 Å². The molecule has 0 radical (unpaired) electrons. The minimum Gasteiger partial charge on any atom is -0.331 e. The summed E-state index contributed by atoms with van der Waals surface area (Å²) in [5.74, 6) is -0.562. The van der Waals surface area contributed by atoms with Crippen LogP contribution in [-0.2, 0) is 9.59 Å². The molecule has 5 nitrogen and oxygen atoms in total. The zero-order valence-corrected chi connectivity index (χ0v) is 15.4. The van der Waals surface area contributed by atoms with Crippen LogP contribution in [0.3, 0.4) is 0 Å².